The molecule has 2 aliphatic rings. The fraction of sp³-hybridized carbons (Fsp3) is 0.348. The minimum Gasteiger partial charge on any atom is -0.483 e. The van der Waals surface area contributed by atoms with E-state index >= 15 is 0 Å². The molecule has 192 valence electrons. The zero-order chi connectivity index (χ0) is 26.3. The number of benzene rings is 1. The minimum absolute atomic E-state index is 0.0240. The van der Waals surface area contributed by atoms with E-state index in [1.807, 2.05) is 17.2 Å². The maximum Gasteiger partial charge on any atom is 0.290 e. The molecule has 1 amide bonds. The third-order valence-corrected chi connectivity index (χ3v) is 7.10. The number of aliphatic hydroxyl groups is 1. The van der Waals surface area contributed by atoms with Gasteiger partial charge in [0, 0.05) is 48.5 Å². The van der Waals surface area contributed by atoms with Crippen LogP contribution < -0.4 is 4.90 Å². The largest absolute Gasteiger partial charge is 0.483 e. The number of aliphatic hydroxyl groups excluding tert-OH is 1. The van der Waals surface area contributed by atoms with Crippen LogP contribution in [0.15, 0.2) is 35.8 Å². The zero-order valence-corrected chi connectivity index (χ0v) is 20.2. The SMILES string of the molecule is Cc1ncc(C(=O)N2C[C@@H]3CN(c4nc(-c5ccc(F)cc5)cs4)C[C@]3(CO)C2)[nH]1.O=CO.O=CO. The monoisotopic (exact) mass is 519 g/mol. The Bertz CT molecular complexity index is 1180. The number of halogens is 1. The number of nitrogens with one attached hydrogen (secondary N) is 1. The first-order valence-electron chi connectivity index (χ1n) is 10.8. The smallest absolute Gasteiger partial charge is 0.290 e. The molecule has 11 nitrogen and oxygen atoms in total. The van der Waals surface area contributed by atoms with Crippen LogP contribution in [0.4, 0.5) is 9.52 Å². The molecule has 0 saturated carbocycles. The van der Waals surface area contributed by atoms with Gasteiger partial charge < -0.3 is 30.1 Å². The maximum absolute atomic E-state index is 13.2. The molecule has 4 N–H and O–H groups in total. The normalized spacial score (nSPS) is 20.0. The van der Waals surface area contributed by atoms with Crippen molar-refractivity contribution in [1.82, 2.24) is 19.9 Å². The highest BCUT2D eigenvalue weighted by Crippen LogP contribution is 2.45. The molecule has 5 rings (SSSR count). The third kappa shape index (κ3) is 5.69. The summed E-state index contributed by atoms with van der Waals surface area (Å²) in [7, 11) is 0. The number of aryl methyl sites for hydroxylation is 1. The van der Waals surface area contributed by atoms with Crippen LogP contribution in [0.3, 0.4) is 0 Å². The van der Waals surface area contributed by atoms with Crippen molar-refractivity contribution in [2.75, 3.05) is 37.7 Å². The van der Waals surface area contributed by atoms with Crippen LogP contribution in [0, 0.1) is 24.1 Å². The van der Waals surface area contributed by atoms with Crippen LogP contribution in [0.5, 0.6) is 0 Å². The van der Waals surface area contributed by atoms with Gasteiger partial charge in [-0.25, -0.2) is 14.4 Å². The van der Waals surface area contributed by atoms with Crippen molar-refractivity contribution in [3.8, 4) is 11.3 Å². The Labute approximate surface area is 209 Å². The van der Waals surface area contributed by atoms with E-state index in [9.17, 15) is 14.3 Å². The van der Waals surface area contributed by atoms with E-state index < -0.39 is 0 Å². The van der Waals surface area contributed by atoms with Gasteiger partial charge in [-0.2, -0.15) is 0 Å². The molecular weight excluding hydrogens is 493 g/mol. The number of likely N-dealkylation sites (tertiary alicyclic amines) is 1. The summed E-state index contributed by atoms with van der Waals surface area (Å²) in [4.78, 5) is 45.4. The summed E-state index contributed by atoms with van der Waals surface area (Å²) in [5.74, 6) is 0.545. The topological polar surface area (TPSA) is 160 Å². The van der Waals surface area contributed by atoms with Crippen LogP contribution in [0.2, 0.25) is 0 Å². The quantitative estimate of drug-likeness (QED) is 0.378. The lowest BCUT2D eigenvalue weighted by Gasteiger charge is -2.27. The van der Waals surface area contributed by atoms with Gasteiger partial charge in [-0.15, -0.1) is 11.3 Å². The van der Waals surface area contributed by atoms with Crippen LogP contribution in [-0.4, -0.2) is 86.8 Å². The lowest BCUT2D eigenvalue weighted by molar-refractivity contribution is -0.123. The number of amides is 1. The average molecular weight is 520 g/mol. The highest BCUT2D eigenvalue weighted by Gasteiger charge is 2.53. The molecule has 0 aliphatic carbocycles. The summed E-state index contributed by atoms with van der Waals surface area (Å²) in [6.45, 7) is 3.84. The summed E-state index contributed by atoms with van der Waals surface area (Å²) in [5, 5.41) is 26.9. The molecule has 0 spiro atoms. The summed E-state index contributed by atoms with van der Waals surface area (Å²) in [6, 6.07) is 6.32. The first kappa shape index (κ1) is 26.8. The van der Waals surface area contributed by atoms with Gasteiger partial charge in [0.25, 0.3) is 18.9 Å². The van der Waals surface area contributed by atoms with Gasteiger partial charge in [0.15, 0.2) is 5.13 Å². The predicted octanol–water partition coefficient (Wildman–Crippen LogP) is 1.95. The Balaban J connectivity index is 0.000000550. The van der Waals surface area contributed by atoms with Gasteiger partial charge in [-0.05, 0) is 31.2 Å². The molecule has 0 radical (unpaired) electrons. The second kappa shape index (κ2) is 11.7. The second-order valence-electron chi connectivity index (χ2n) is 8.40. The number of aromatic amines is 1. The number of imidazole rings is 1. The fourth-order valence-electron chi connectivity index (χ4n) is 4.57. The highest BCUT2D eigenvalue weighted by atomic mass is 32.1. The van der Waals surface area contributed by atoms with Crippen molar-refractivity contribution in [1.29, 1.82) is 0 Å². The van der Waals surface area contributed by atoms with Gasteiger partial charge in [-0.1, -0.05) is 0 Å². The fourth-order valence-corrected chi connectivity index (χ4v) is 5.41. The van der Waals surface area contributed by atoms with Crippen LogP contribution in [0.1, 0.15) is 16.3 Å². The Hall–Kier alpha value is -3.84. The highest BCUT2D eigenvalue weighted by molar-refractivity contribution is 7.14. The minimum atomic E-state index is -0.355. The number of carboxylic acid groups (broad SMARTS) is 2. The zero-order valence-electron chi connectivity index (χ0n) is 19.4. The number of H-pyrrole nitrogens is 1. The van der Waals surface area contributed by atoms with E-state index in [1.54, 1.807) is 29.7 Å². The van der Waals surface area contributed by atoms with Crippen molar-refractivity contribution in [3.63, 3.8) is 0 Å². The van der Waals surface area contributed by atoms with E-state index in [0.29, 0.717) is 31.2 Å². The summed E-state index contributed by atoms with van der Waals surface area (Å²) in [5.41, 5.74) is 1.83. The molecule has 2 fully saturated rings. The first-order chi connectivity index (χ1) is 17.3. The van der Waals surface area contributed by atoms with Gasteiger partial charge in [0.2, 0.25) is 0 Å². The molecule has 2 saturated heterocycles. The molecule has 36 heavy (non-hydrogen) atoms. The van der Waals surface area contributed by atoms with Crippen molar-refractivity contribution in [2.45, 2.75) is 6.92 Å². The Morgan fingerprint density at radius 3 is 2.44 bits per heavy atom. The number of thiazole rings is 1. The third-order valence-electron chi connectivity index (χ3n) is 6.20. The van der Waals surface area contributed by atoms with Crippen LogP contribution >= 0.6 is 11.3 Å². The number of hydrogen-bond acceptors (Lipinski definition) is 8. The summed E-state index contributed by atoms with van der Waals surface area (Å²) < 4.78 is 13.2. The number of aromatic nitrogens is 3. The van der Waals surface area contributed by atoms with Crippen LogP contribution in [-0.2, 0) is 9.59 Å². The average Bonchev–Trinajstić information content (AvgIpc) is 3.63. The first-order valence-corrected chi connectivity index (χ1v) is 11.7. The molecule has 0 unspecified atom stereocenters. The van der Waals surface area contributed by atoms with E-state index in [0.717, 1.165) is 22.9 Å². The van der Waals surface area contributed by atoms with Crippen molar-refractivity contribution >= 4 is 35.3 Å². The lowest BCUT2D eigenvalue weighted by Crippen LogP contribution is -2.39. The van der Waals surface area contributed by atoms with E-state index in [1.165, 1.54) is 12.1 Å². The molecule has 2 aromatic heterocycles. The van der Waals surface area contributed by atoms with Gasteiger partial charge in [0.05, 0.1) is 18.5 Å². The maximum atomic E-state index is 13.2. The molecule has 2 aliphatic heterocycles. The number of rotatable bonds is 4. The molecule has 2 atom stereocenters. The molecule has 1 aromatic carbocycles. The molecule has 13 heteroatoms. The second-order valence-corrected chi connectivity index (χ2v) is 9.24. The summed E-state index contributed by atoms with van der Waals surface area (Å²) in [6.07, 6.45) is 1.57. The number of carbonyl (C=O) groups excluding carboxylic acids is 1. The number of fused-ring (bicyclic) bond motifs is 1. The predicted molar refractivity (Wildman–Crippen MR) is 129 cm³/mol. The van der Waals surface area contributed by atoms with Gasteiger partial charge in [0.1, 0.15) is 17.3 Å². The molecule has 4 heterocycles. The van der Waals surface area contributed by atoms with E-state index in [2.05, 4.69) is 14.9 Å². The van der Waals surface area contributed by atoms with Crippen molar-refractivity contribution in [3.05, 3.63) is 53.2 Å². The Kier molecular flexibility index (Phi) is 8.72. The number of anilines is 1. The summed E-state index contributed by atoms with van der Waals surface area (Å²) >= 11 is 1.55. The Morgan fingerprint density at radius 2 is 1.89 bits per heavy atom. The van der Waals surface area contributed by atoms with Crippen molar-refractivity contribution in [2.24, 2.45) is 11.3 Å². The van der Waals surface area contributed by atoms with Crippen LogP contribution in [0.25, 0.3) is 11.3 Å². The molecular formula is C23H26FN5O6S. The van der Waals surface area contributed by atoms with E-state index in [-0.39, 0.29) is 42.6 Å². The molecule has 3 aromatic rings. The van der Waals surface area contributed by atoms with Gasteiger partial charge in [-0.3, -0.25) is 14.4 Å². The molecule has 0 bridgehead atoms. The van der Waals surface area contributed by atoms with E-state index in [4.69, 9.17) is 24.8 Å². The number of hydrogen-bond donors (Lipinski definition) is 4. The Morgan fingerprint density at radius 1 is 1.22 bits per heavy atom. The standard InChI is InChI=1S/C21H22FN5O2S.2CH2O2/c1-13-23-6-17(24-13)19(29)26-7-15-8-27(11-21(15,10-26)12-28)20-25-18(9-30-20)14-2-4-16(22)5-3-14;2*2-1-3/h2-6,9,15,28H,7-8,10-12H2,1H3,(H,23,24);2*1H,(H,2,3)/t15-,21+;;/m1../s1. The number of carbonyl (C=O) groups is 3. The van der Waals surface area contributed by atoms with Crippen molar-refractivity contribution < 1.29 is 34.1 Å². The lowest BCUT2D eigenvalue weighted by atomic mass is 9.82. The van der Waals surface area contributed by atoms with Gasteiger partial charge >= 0.3 is 0 Å². The number of nitrogens with zero attached hydrogens (tertiary/aromatic N) is 4.